The van der Waals surface area contributed by atoms with Crippen LogP contribution in [0.3, 0.4) is 0 Å². The van der Waals surface area contributed by atoms with Gasteiger partial charge in [-0.2, -0.15) is 0 Å². The number of aliphatic carboxylic acids is 1. The Labute approximate surface area is 100 Å². The molecule has 2 N–H and O–H groups in total. The molecule has 0 spiro atoms. The number of carboxylic acid groups (broad SMARTS) is 1. The topological polar surface area (TPSA) is 84.9 Å². The standard InChI is InChI=1S/C11H19NO5/c1-16-5-4-9(11(14)15)12-10(13)7-17-6-8-2-3-8/h8-9H,2-7H2,1H3,(H,12,13)(H,14,15). The molecule has 98 valence electrons. The van der Waals surface area contributed by atoms with Crippen LogP contribution in [0.2, 0.25) is 0 Å². The van der Waals surface area contributed by atoms with Crippen molar-refractivity contribution in [2.24, 2.45) is 5.92 Å². The second-order valence-corrected chi connectivity index (χ2v) is 4.20. The van der Waals surface area contributed by atoms with Crippen LogP contribution in [0.5, 0.6) is 0 Å². The first-order valence-electron chi connectivity index (χ1n) is 5.72. The quantitative estimate of drug-likeness (QED) is 0.598. The molecule has 1 atom stereocenters. The zero-order valence-electron chi connectivity index (χ0n) is 9.98. The number of carboxylic acids is 1. The molecule has 0 bridgehead atoms. The van der Waals surface area contributed by atoms with Gasteiger partial charge in [-0.05, 0) is 18.8 Å². The summed E-state index contributed by atoms with van der Waals surface area (Å²) in [5, 5.41) is 11.3. The lowest BCUT2D eigenvalue weighted by molar-refractivity contribution is -0.143. The van der Waals surface area contributed by atoms with Crippen molar-refractivity contribution in [3.63, 3.8) is 0 Å². The van der Waals surface area contributed by atoms with Gasteiger partial charge in [0.25, 0.3) is 0 Å². The van der Waals surface area contributed by atoms with Crippen molar-refractivity contribution < 1.29 is 24.2 Å². The lowest BCUT2D eigenvalue weighted by Crippen LogP contribution is -2.43. The van der Waals surface area contributed by atoms with Gasteiger partial charge in [-0.15, -0.1) is 0 Å². The Morgan fingerprint density at radius 2 is 2.18 bits per heavy atom. The molecule has 0 heterocycles. The summed E-state index contributed by atoms with van der Waals surface area (Å²) >= 11 is 0. The second-order valence-electron chi connectivity index (χ2n) is 4.20. The van der Waals surface area contributed by atoms with Crippen LogP contribution in [0.4, 0.5) is 0 Å². The first-order valence-corrected chi connectivity index (χ1v) is 5.72. The van der Waals surface area contributed by atoms with Crippen LogP contribution in [0.15, 0.2) is 0 Å². The number of carbonyl (C=O) groups excluding carboxylic acids is 1. The summed E-state index contributed by atoms with van der Waals surface area (Å²) in [6, 6.07) is -0.910. The van der Waals surface area contributed by atoms with Crippen LogP contribution in [-0.2, 0) is 19.1 Å². The molecule has 0 aromatic heterocycles. The van der Waals surface area contributed by atoms with E-state index in [2.05, 4.69) is 5.32 Å². The molecule has 1 aliphatic carbocycles. The fraction of sp³-hybridized carbons (Fsp3) is 0.818. The summed E-state index contributed by atoms with van der Waals surface area (Å²) in [7, 11) is 1.49. The minimum atomic E-state index is -1.06. The van der Waals surface area contributed by atoms with E-state index in [0.717, 1.165) is 12.8 Å². The van der Waals surface area contributed by atoms with Crippen LogP contribution >= 0.6 is 0 Å². The van der Waals surface area contributed by atoms with Crippen molar-refractivity contribution in [1.82, 2.24) is 5.32 Å². The van der Waals surface area contributed by atoms with Crippen LogP contribution in [0.25, 0.3) is 0 Å². The Hall–Kier alpha value is -1.14. The van der Waals surface area contributed by atoms with Crippen LogP contribution in [0, 0.1) is 5.92 Å². The molecule has 0 aromatic carbocycles. The smallest absolute Gasteiger partial charge is 0.326 e. The third-order valence-corrected chi connectivity index (χ3v) is 2.53. The largest absolute Gasteiger partial charge is 0.480 e. The van der Waals surface area contributed by atoms with E-state index in [1.54, 1.807) is 0 Å². The Balaban J connectivity index is 2.16. The van der Waals surface area contributed by atoms with Gasteiger partial charge in [-0.25, -0.2) is 4.79 Å². The summed E-state index contributed by atoms with van der Waals surface area (Å²) in [4.78, 5) is 22.2. The van der Waals surface area contributed by atoms with E-state index in [1.165, 1.54) is 7.11 Å². The predicted molar refractivity (Wildman–Crippen MR) is 59.6 cm³/mol. The normalized spacial score (nSPS) is 16.5. The van der Waals surface area contributed by atoms with E-state index in [-0.39, 0.29) is 13.0 Å². The first kappa shape index (κ1) is 13.9. The maximum atomic E-state index is 11.4. The van der Waals surface area contributed by atoms with Gasteiger partial charge in [0.1, 0.15) is 12.6 Å². The fourth-order valence-corrected chi connectivity index (χ4v) is 1.33. The minimum Gasteiger partial charge on any atom is -0.480 e. The van der Waals surface area contributed by atoms with Crippen molar-refractivity contribution >= 4 is 11.9 Å². The maximum Gasteiger partial charge on any atom is 0.326 e. The van der Waals surface area contributed by atoms with Gasteiger partial charge in [0.15, 0.2) is 0 Å². The summed E-state index contributed by atoms with van der Waals surface area (Å²) in [5.41, 5.74) is 0. The van der Waals surface area contributed by atoms with Gasteiger partial charge in [0.2, 0.25) is 5.91 Å². The molecule has 17 heavy (non-hydrogen) atoms. The van der Waals surface area contributed by atoms with Crippen molar-refractivity contribution in [3.05, 3.63) is 0 Å². The molecule has 0 aliphatic heterocycles. The summed E-state index contributed by atoms with van der Waals surface area (Å²) in [6.45, 7) is 0.802. The SMILES string of the molecule is COCCC(NC(=O)COCC1CC1)C(=O)O. The number of carbonyl (C=O) groups is 2. The molecule has 6 nitrogen and oxygen atoms in total. The molecule has 1 rings (SSSR count). The molecule has 1 amide bonds. The molecular weight excluding hydrogens is 226 g/mol. The molecule has 1 saturated carbocycles. The zero-order chi connectivity index (χ0) is 12.7. The number of amides is 1. The first-order chi connectivity index (χ1) is 8.13. The number of rotatable bonds is 9. The molecule has 1 aliphatic rings. The zero-order valence-corrected chi connectivity index (χ0v) is 9.98. The number of hydrogen-bond donors (Lipinski definition) is 2. The van der Waals surface area contributed by atoms with E-state index >= 15 is 0 Å². The molecule has 6 heteroatoms. The molecule has 0 radical (unpaired) electrons. The van der Waals surface area contributed by atoms with E-state index in [9.17, 15) is 9.59 Å². The molecule has 0 saturated heterocycles. The Kier molecular flexibility index (Phi) is 5.93. The highest BCUT2D eigenvalue weighted by atomic mass is 16.5. The van der Waals surface area contributed by atoms with E-state index < -0.39 is 17.9 Å². The van der Waals surface area contributed by atoms with Gasteiger partial charge in [-0.3, -0.25) is 4.79 Å². The number of methoxy groups -OCH3 is 1. The van der Waals surface area contributed by atoms with Crippen LogP contribution in [0.1, 0.15) is 19.3 Å². The fourth-order valence-electron chi connectivity index (χ4n) is 1.33. The summed E-state index contributed by atoms with van der Waals surface area (Å²) in [5.74, 6) is -0.863. The summed E-state index contributed by atoms with van der Waals surface area (Å²) in [6.07, 6.45) is 2.57. The van der Waals surface area contributed by atoms with Crippen LogP contribution in [-0.4, -0.2) is 50.0 Å². The molecular formula is C11H19NO5. The predicted octanol–water partition coefficient (Wildman–Crippen LogP) is 0.0189. The monoisotopic (exact) mass is 245 g/mol. The highest BCUT2D eigenvalue weighted by Crippen LogP contribution is 2.28. The van der Waals surface area contributed by atoms with Crippen LogP contribution < -0.4 is 5.32 Å². The highest BCUT2D eigenvalue weighted by Gasteiger charge is 2.23. The van der Waals surface area contributed by atoms with Gasteiger partial charge in [-0.1, -0.05) is 0 Å². The van der Waals surface area contributed by atoms with E-state index in [4.69, 9.17) is 14.6 Å². The maximum absolute atomic E-state index is 11.4. The average Bonchev–Trinajstić information content (AvgIpc) is 3.07. The number of nitrogens with one attached hydrogen (secondary N) is 1. The van der Waals surface area contributed by atoms with Gasteiger partial charge >= 0.3 is 5.97 Å². The van der Waals surface area contributed by atoms with Crippen molar-refractivity contribution in [1.29, 1.82) is 0 Å². The molecule has 1 fully saturated rings. The van der Waals surface area contributed by atoms with Gasteiger partial charge < -0.3 is 19.9 Å². The van der Waals surface area contributed by atoms with Crippen molar-refractivity contribution in [3.8, 4) is 0 Å². The Morgan fingerprint density at radius 1 is 1.47 bits per heavy atom. The average molecular weight is 245 g/mol. The Bertz CT molecular complexity index is 265. The van der Waals surface area contributed by atoms with Crippen molar-refractivity contribution in [2.45, 2.75) is 25.3 Å². The van der Waals surface area contributed by atoms with Gasteiger partial charge in [0, 0.05) is 20.1 Å². The third-order valence-electron chi connectivity index (χ3n) is 2.53. The van der Waals surface area contributed by atoms with E-state index in [0.29, 0.717) is 19.1 Å². The molecule has 0 aromatic rings. The van der Waals surface area contributed by atoms with E-state index in [1.807, 2.05) is 0 Å². The van der Waals surface area contributed by atoms with Gasteiger partial charge in [0.05, 0.1) is 6.61 Å². The minimum absolute atomic E-state index is 0.0761. The number of ether oxygens (including phenoxy) is 2. The Morgan fingerprint density at radius 3 is 2.71 bits per heavy atom. The second kappa shape index (κ2) is 7.24. The van der Waals surface area contributed by atoms with Crippen molar-refractivity contribution in [2.75, 3.05) is 26.9 Å². The molecule has 1 unspecified atom stereocenters. The lowest BCUT2D eigenvalue weighted by atomic mass is 10.2. The summed E-state index contributed by atoms with van der Waals surface area (Å²) < 4.78 is 9.95. The number of hydrogen-bond acceptors (Lipinski definition) is 4. The third kappa shape index (κ3) is 6.23. The lowest BCUT2D eigenvalue weighted by Gasteiger charge is -2.13. The highest BCUT2D eigenvalue weighted by molar-refractivity contribution is 5.84.